The highest BCUT2D eigenvalue weighted by Gasteiger charge is 2.33. The maximum Gasteiger partial charge on any atom is 0.387 e. The summed E-state index contributed by atoms with van der Waals surface area (Å²) in [7, 11) is 0. The molecule has 7 heteroatoms. The molecule has 1 aromatic carbocycles. The summed E-state index contributed by atoms with van der Waals surface area (Å²) in [5.41, 5.74) is -0.206. The number of hydrogen-bond acceptors (Lipinski definition) is 2. The van der Waals surface area contributed by atoms with Crippen LogP contribution in [0.25, 0.3) is 0 Å². The van der Waals surface area contributed by atoms with Crippen molar-refractivity contribution in [1.82, 2.24) is 0 Å². The van der Waals surface area contributed by atoms with Crippen LogP contribution < -0.4 is 4.74 Å². The number of Topliss-reactive ketones (excluding diaryl/α,β-unsaturated/α-hetero) is 1. The van der Waals surface area contributed by atoms with E-state index in [1.54, 1.807) is 0 Å². The van der Waals surface area contributed by atoms with E-state index in [1.165, 1.54) is 24.3 Å². The molecule has 1 aromatic rings. The molecule has 0 radical (unpaired) electrons. The second-order valence-corrected chi connectivity index (χ2v) is 4.98. The molecule has 0 spiro atoms. The zero-order valence-corrected chi connectivity index (χ0v) is 9.86. The van der Waals surface area contributed by atoms with Crippen LogP contribution in [0.1, 0.15) is 10.4 Å². The first-order chi connectivity index (χ1) is 7.32. The van der Waals surface area contributed by atoms with Crippen LogP contribution in [0.15, 0.2) is 24.3 Å². The average Bonchev–Trinajstić information content (AvgIpc) is 2.15. The molecule has 0 heterocycles. The monoisotopic (exact) mass is 288 g/mol. The van der Waals surface area contributed by atoms with E-state index in [1.807, 2.05) is 0 Å². The summed E-state index contributed by atoms with van der Waals surface area (Å²) in [6.45, 7) is -3.05. The highest BCUT2D eigenvalue weighted by atomic mass is 35.6. The fraction of sp³-hybridized carbons (Fsp3) is 0.222. The molecule has 0 bridgehead atoms. The molecule has 0 aromatic heterocycles. The Kier molecular flexibility index (Phi) is 4.35. The van der Waals surface area contributed by atoms with Gasteiger partial charge in [0, 0.05) is 0 Å². The maximum absolute atomic E-state index is 12.0. The van der Waals surface area contributed by atoms with E-state index in [0.717, 1.165) is 0 Å². The lowest BCUT2D eigenvalue weighted by molar-refractivity contribution is -0.0501. The molecule has 0 atom stereocenters. The van der Waals surface area contributed by atoms with Gasteiger partial charge in [-0.1, -0.05) is 46.9 Å². The number of halogens is 5. The van der Waals surface area contributed by atoms with Crippen molar-refractivity contribution in [1.29, 1.82) is 0 Å². The van der Waals surface area contributed by atoms with Gasteiger partial charge in [0.25, 0.3) is 3.79 Å². The molecule has 0 aliphatic rings. The fourth-order valence-corrected chi connectivity index (χ4v) is 1.31. The smallest absolute Gasteiger partial charge is 0.387 e. The number of carbonyl (C=O) groups is 1. The van der Waals surface area contributed by atoms with Crippen molar-refractivity contribution in [2.24, 2.45) is 0 Å². The molecule has 0 N–H and O–H groups in total. The molecule has 0 unspecified atom stereocenters. The highest BCUT2D eigenvalue weighted by molar-refractivity contribution is 6.77. The Morgan fingerprint density at radius 2 is 1.81 bits per heavy atom. The van der Waals surface area contributed by atoms with E-state index in [2.05, 4.69) is 4.74 Å². The fourth-order valence-electron chi connectivity index (χ4n) is 1.01. The molecule has 0 amide bonds. The van der Waals surface area contributed by atoms with Crippen molar-refractivity contribution in [2.45, 2.75) is 10.4 Å². The molecule has 16 heavy (non-hydrogen) atoms. The number of para-hydroxylation sites is 1. The van der Waals surface area contributed by atoms with Gasteiger partial charge in [-0.3, -0.25) is 4.79 Å². The molecular weight excluding hydrogens is 284 g/mol. The number of ether oxygens (including phenoxy) is 1. The molecule has 0 aliphatic heterocycles. The summed E-state index contributed by atoms with van der Waals surface area (Å²) >= 11 is 16.1. The molecule has 0 saturated carbocycles. The first-order valence-electron chi connectivity index (χ1n) is 3.97. The molecule has 0 fully saturated rings. The second-order valence-electron chi connectivity index (χ2n) is 2.70. The maximum atomic E-state index is 12.0. The zero-order chi connectivity index (χ0) is 12.3. The normalized spacial score (nSPS) is 11.6. The van der Waals surface area contributed by atoms with Crippen LogP contribution in [-0.2, 0) is 0 Å². The Morgan fingerprint density at radius 1 is 1.25 bits per heavy atom. The van der Waals surface area contributed by atoms with Crippen molar-refractivity contribution in [3.63, 3.8) is 0 Å². The molecular formula is C9H5Cl3F2O2. The van der Waals surface area contributed by atoms with Crippen LogP contribution >= 0.6 is 34.8 Å². The third kappa shape index (κ3) is 3.47. The Bertz CT molecular complexity index is 391. The van der Waals surface area contributed by atoms with Gasteiger partial charge in [-0.25, -0.2) is 0 Å². The third-order valence-electron chi connectivity index (χ3n) is 1.61. The van der Waals surface area contributed by atoms with Crippen molar-refractivity contribution in [3.05, 3.63) is 29.8 Å². The van der Waals surface area contributed by atoms with Gasteiger partial charge in [0.15, 0.2) is 0 Å². The van der Waals surface area contributed by atoms with Gasteiger partial charge in [0.05, 0.1) is 5.56 Å². The summed E-state index contributed by atoms with van der Waals surface area (Å²) in [5.74, 6) is -1.25. The predicted molar refractivity (Wildman–Crippen MR) is 57.7 cm³/mol. The topological polar surface area (TPSA) is 26.3 Å². The van der Waals surface area contributed by atoms with Crippen LogP contribution in [-0.4, -0.2) is 16.2 Å². The van der Waals surface area contributed by atoms with Crippen molar-refractivity contribution < 1.29 is 18.3 Å². The summed E-state index contributed by atoms with van der Waals surface area (Å²) < 4.78 is 26.0. The van der Waals surface area contributed by atoms with E-state index in [9.17, 15) is 13.6 Å². The van der Waals surface area contributed by atoms with Crippen LogP contribution in [0.4, 0.5) is 8.78 Å². The van der Waals surface area contributed by atoms with Gasteiger partial charge >= 0.3 is 6.61 Å². The van der Waals surface area contributed by atoms with Gasteiger partial charge in [-0.15, -0.1) is 0 Å². The van der Waals surface area contributed by atoms with Crippen LogP contribution in [0, 0.1) is 0 Å². The summed E-state index contributed by atoms with van der Waals surface area (Å²) in [6, 6.07) is 5.30. The lowest BCUT2D eigenvalue weighted by atomic mass is 10.1. The predicted octanol–water partition coefficient (Wildman–Crippen LogP) is 3.84. The van der Waals surface area contributed by atoms with E-state index in [-0.39, 0.29) is 11.3 Å². The van der Waals surface area contributed by atoms with Gasteiger partial charge in [0.2, 0.25) is 5.78 Å². The summed E-state index contributed by atoms with van der Waals surface area (Å²) in [6.07, 6.45) is 0. The third-order valence-corrected chi connectivity index (χ3v) is 2.12. The largest absolute Gasteiger partial charge is 0.434 e. The number of alkyl halides is 5. The quantitative estimate of drug-likeness (QED) is 0.624. The Balaban J connectivity index is 3.09. The standard InChI is InChI=1S/C9H5Cl3F2O2/c10-9(11,12)7(15)5-3-1-2-4-6(5)16-8(13)14/h1-4,8H. The zero-order valence-electron chi connectivity index (χ0n) is 7.59. The second kappa shape index (κ2) is 5.17. The van der Waals surface area contributed by atoms with E-state index in [4.69, 9.17) is 34.8 Å². The summed E-state index contributed by atoms with van der Waals surface area (Å²) in [4.78, 5) is 11.5. The number of carbonyl (C=O) groups excluding carboxylic acids is 1. The van der Waals surface area contributed by atoms with Gasteiger partial charge in [-0.05, 0) is 12.1 Å². The first-order valence-corrected chi connectivity index (χ1v) is 5.11. The Morgan fingerprint density at radius 3 is 2.31 bits per heavy atom. The number of ketones is 1. The first kappa shape index (κ1) is 13.5. The van der Waals surface area contributed by atoms with Gasteiger partial charge < -0.3 is 4.74 Å². The van der Waals surface area contributed by atoms with E-state index >= 15 is 0 Å². The van der Waals surface area contributed by atoms with Crippen LogP contribution in [0.5, 0.6) is 5.75 Å². The Hall–Kier alpha value is -0.580. The van der Waals surface area contributed by atoms with Crippen molar-refractivity contribution in [3.8, 4) is 5.75 Å². The van der Waals surface area contributed by atoms with Crippen LogP contribution in [0.3, 0.4) is 0 Å². The van der Waals surface area contributed by atoms with E-state index in [0.29, 0.717) is 0 Å². The average molecular weight is 289 g/mol. The van der Waals surface area contributed by atoms with Gasteiger partial charge in [-0.2, -0.15) is 8.78 Å². The summed E-state index contributed by atoms with van der Waals surface area (Å²) in [5, 5.41) is 0. The van der Waals surface area contributed by atoms with Crippen molar-refractivity contribution in [2.75, 3.05) is 0 Å². The molecule has 0 aliphatic carbocycles. The Labute approximate surface area is 105 Å². The molecule has 2 nitrogen and oxygen atoms in total. The lowest BCUT2D eigenvalue weighted by Gasteiger charge is -2.13. The minimum absolute atomic E-state index is 0.206. The highest BCUT2D eigenvalue weighted by Crippen LogP contribution is 2.34. The number of benzene rings is 1. The SMILES string of the molecule is O=C(c1ccccc1OC(F)F)C(Cl)(Cl)Cl. The minimum atomic E-state index is -3.05. The van der Waals surface area contributed by atoms with Crippen molar-refractivity contribution >= 4 is 40.6 Å². The minimum Gasteiger partial charge on any atom is -0.434 e. The van der Waals surface area contributed by atoms with Gasteiger partial charge in [0.1, 0.15) is 5.75 Å². The van der Waals surface area contributed by atoms with E-state index < -0.39 is 16.2 Å². The molecule has 88 valence electrons. The van der Waals surface area contributed by atoms with Crippen LogP contribution in [0.2, 0.25) is 0 Å². The lowest BCUT2D eigenvalue weighted by Crippen LogP contribution is -2.20. The number of hydrogen-bond donors (Lipinski definition) is 0. The molecule has 1 rings (SSSR count). The molecule has 0 saturated heterocycles. The number of rotatable bonds is 3.